The number of thioether (sulfide) groups is 2. The van der Waals surface area contributed by atoms with Gasteiger partial charge in [-0.05, 0) is 67.2 Å². The predicted molar refractivity (Wildman–Crippen MR) is 197 cm³/mol. The maximum absolute atomic E-state index is 13.8. The van der Waals surface area contributed by atoms with Gasteiger partial charge in [-0.15, -0.1) is 0 Å². The Morgan fingerprint density at radius 3 is 1.39 bits per heavy atom. The normalized spacial score (nSPS) is 21.4. The number of nitrogens with zero attached hydrogens (tertiary/aromatic N) is 6. The average Bonchev–Trinajstić information content (AvgIpc) is 3.07. The number of likely N-dealkylation sites (tertiary alicyclic amines) is 2. The molecule has 0 unspecified atom stereocenters. The fourth-order valence-corrected chi connectivity index (χ4v) is 9.32. The minimum absolute atomic E-state index is 0.0517. The lowest BCUT2D eigenvalue weighted by Crippen LogP contribution is -2.43. The highest BCUT2D eigenvalue weighted by molar-refractivity contribution is 8.00. The van der Waals surface area contributed by atoms with Gasteiger partial charge in [0, 0.05) is 39.3 Å². The summed E-state index contributed by atoms with van der Waals surface area (Å²) in [4.78, 5) is 67.6. The van der Waals surface area contributed by atoms with Crippen LogP contribution in [-0.2, 0) is 22.7 Å². The molecule has 6 rings (SSSR count). The van der Waals surface area contributed by atoms with Crippen LogP contribution >= 0.6 is 23.5 Å². The molecule has 2 fully saturated rings. The van der Waals surface area contributed by atoms with E-state index in [4.69, 9.17) is 9.97 Å². The molecule has 0 aliphatic carbocycles. The molecule has 2 aliphatic heterocycles. The van der Waals surface area contributed by atoms with E-state index >= 15 is 0 Å². The molecule has 2 aromatic heterocycles. The maximum Gasteiger partial charge on any atom is 0.262 e. The van der Waals surface area contributed by atoms with E-state index in [2.05, 4.69) is 27.7 Å². The minimum Gasteiger partial charge on any atom is -0.341 e. The van der Waals surface area contributed by atoms with Crippen molar-refractivity contribution in [2.24, 2.45) is 23.7 Å². The van der Waals surface area contributed by atoms with Crippen molar-refractivity contribution in [1.82, 2.24) is 28.9 Å². The van der Waals surface area contributed by atoms with E-state index < -0.39 is 0 Å². The molecule has 2 aromatic carbocycles. The molecule has 2 aliphatic rings. The number of fused-ring (bicyclic) bond motifs is 2. The fraction of sp³-hybridized carbons (Fsp3) is 0.514. The Morgan fingerprint density at radius 1 is 0.633 bits per heavy atom. The number of rotatable bonds is 10. The lowest BCUT2D eigenvalue weighted by Gasteiger charge is -2.35. The number of carbonyl (C=O) groups excluding carboxylic acids is 2. The van der Waals surface area contributed by atoms with Crippen LogP contribution in [0, 0.1) is 23.7 Å². The molecule has 49 heavy (non-hydrogen) atoms. The first-order valence-electron chi connectivity index (χ1n) is 17.4. The van der Waals surface area contributed by atoms with Crippen molar-refractivity contribution in [3.8, 4) is 0 Å². The summed E-state index contributed by atoms with van der Waals surface area (Å²) in [5, 5.41) is 2.00. The van der Waals surface area contributed by atoms with Gasteiger partial charge < -0.3 is 9.80 Å². The monoisotopic (exact) mass is 702 g/mol. The second-order valence-corrected chi connectivity index (χ2v) is 16.0. The van der Waals surface area contributed by atoms with E-state index in [0.29, 0.717) is 75.3 Å². The number of amides is 2. The van der Waals surface area contributed by atoms with Gasteiger partial charge in [0.25, 0.3) is 11.1 Å². The zero-order chi connectivity index (χ0) is 34.7. The number of benzene rings is 2. The Bertz CT molecular complexity index is 1800. The first-order chi connectivity index (χ1) is 23.6. The van der Waals surface area contributed by atoms with Crippen molar-refractivity contribution in [3.63, 3.8) is 0 Å². The average molecular weight is 703 g/mol. The first-order valence-corrected chi connectivity index (χ1v) is 19.3. The van der Waals surface area contributed by atoms with Crippen LogP contribution in [0.25, 0.3) is 21.8 Å². The number of aromatic nitrogens is 4. The summed E-state index contributed by atoms with van der Waals surface area (Å²) >= 11 is 2.59. The van der Waals surface area contributed by atoms with Crippen molar-refractivity contribution < 1.29 is 9.59 Å². The molecule has 4 aromatic rings. The van der Waals surface area contributed by atoms with Gasteiger partial charge in [0.1, 0.15) is 0 Å². The molecule has 2 saturated heterocycles. The van der Waals surface area contributed by atoms with Crippen LogP contribution in [0.15, 0.2) is 68.4 Å². The SMILES string of the molecule is C[C@@H]1C[C@@H](C)CN(C(=O)CSc2nc3ccccc3c(=O)n2CCCn2c(SCC(=O)N3C[C@H](C)C[C@H](C)C3)nc3ccccc3c2=O)C1. The van der Waals surface area contributed by atoms with E-state index in [1.54, 1.807) is 21.3 Å². The van der Waals surface area contributed by atoms with Crippen molar-refractivity contribution >= 4 is 57.1 Å². The van der Waals surface area contributed by atoms with Gasteiger partial charge in [-0.3, -0.25) is 28.3 Å². The topological polar surface area (TPSA) is 110 Å². The van der Waals surface area contributed by atoms with Gasteiger partial charge in [0.05, 0.1) is 33.3 Å². The molecule has 2 amide bonds. The van der Waals surface area contributed by atoms with E-state index in [0.717, 1.165) is 39.0 Å². The highest BCUT2D eigenvalue weighted by Crippen LogP contribution is 2.26. The van der Waals surface area contributed by atoms with Crippen LogP contribution in [-0.4, -0.2) is 78.4 Å². The van der Waals surface area contributed by atoms with Gasteiger partial charge in [0.2, 0.25) is 11.8 Å². The van der Waals surface area contributed by atoms with Crippen LogP contribution in [0.4, 0.5) is 0 Å². The molecule has 0 bridgehead atoms. The van der Waals surface area contributed by atoms with Crippen molar-refractivity contribution in [3.05, 3.63) is 69.2 Å². The van der Waals surface area contributed by atoms with Crippen molar-refractivity contribution in [1.29, 1.82) is 0 Å². The number of hydrogen-bond donors (Lipinski definition) is 0. The number of carbonyl (C=O) groups is 2. The summed E-state index contributed by atoms with van der Waals surface area (Å²) < 4.78 is 3.27. The molecular weight excluding hydrogens is 657 g/mol. The Morgan fingerprint density at radius 2 is 1.00 bits per heavy atom. The number of para-hydroxylation sites is 2. The highest BCUT2D eigenvalue weighted by atomic mass is 32.2. The van der Waals surface area contributed by atoms with Crippen molar-refractivity contribution in [2.45, 2.75) is 70.4 Å². The third kappa shape index (κ3) is 8.23. The van der Waals surface area contributed by atoms with Gasteiger partial charge >= 0.3 is 0 Å². The van der Waals surface area contributed by atoms with Crippen LogP contribution in [0.5, 0.6) is 0 Å². The quantitative estimate of drug-likeness (QED) is 0.160. The van der Waals surface area contributed by atoms with Crippen LogP contribution in [0.3, 0.4) is 0 Å². The molecule has 260 valence electrons. The van der Waals surface area contributed by atoms with E-state index in [9.17, 15) is 19.2 Å². The van der Waals surface area contributed by atoms with Crippen molar-refractivity contribution in [2.75, 3.05) is 37.7 Å². The number of piperidine rings is 2. The smallest absolute Gasteiger partial charge is 0.262 e. The second-order valence-electron chi connectivity index (χ2n) is 14.2. The predicted octanol–water partition coefficient (Wildman–Crippen LogP) is 5.39. The molecule has 10 nitrogen and oxygen atoms in total. The summed E-state index contributed by atoms with van der Waals surface area (Å²) in [5.41, 5.74) is 0.842. The van der Waals surface area contributed by atoms with Crippen LogP contribution < -0.4 is 11.1 Å². The Labute approximate surface area is 295 Å². The summed E-state index contributed by atoms with van der Waals surface area (Å²) in [6, 6.07) is 14.5. The largest absolute Gasteiger partial charge is 0.341 e. The Hall–Kier alpha value is -3.64. The summed E-state index contributed by atoms with van der Waals surface area (Å²) in [6.07, 6.45) is 2.68. The number of hydrogen-bond acceptors (Lipinski definition) is 8. The third-order valence-corrected chi connectivity index (χ3v) is 11.4. The van der Waals surface area contributed by atoms with E-state index in [-0.39, 0.29) is 34.4 Å². The molecule has 0 radical (unpaired) electrons. The van der Waals surface area contributed by atoms with E-state index in [1.165, 1.54) is 23.5 Å². The third-order valence-electron chi connectivity index (χ3n) is 9.51. The molecule has 4 atom stereocenters. The summed E-state index contributed by atoms with van der Waals surface area (Å²) in [5.74, 6) is 2.33. The molecule has 0 spiro atoms. The lowest BCUT2D eigenvalue weighted by atomic mass is 9.92. The van der Waals surface area contributed by atoms with Gasteiger partial charge in [-0.25, -0.2) is 9.97 Å². The first kappa shape index (κ1) is 35.2. The minimum atomic E-state index is -0.171. The zero-order valence-corrected chi connectivity index (χ0v) is 30.5. The summed E-state index contributed by atoms with van der Waals surface area (Å²) in [7, 11) is 0. The Balaban J connectivity index is 1.22. The summed E-state index contributed by atoms with van der Waals surface area (Å²) in [6.45, 7) is 12.3. The fourth-order valence-electron chi connectivity index (χ4n) is 7.47. The molecule has 4 heterocycles. The standard InChI is InChI=1S/C37H46N6O4S2/c1-24-16-25(2)19-40(18-24)32(44)22-48-36-38-30-12-7-5-10-28(30)34(46)42(36)14-9-15-43-35(47)29-11-6-8-13-31(29)39-37(43)49-23-33(45)41-20-26(3)17-27(4)21-41/h5-8,10-13,24-27H,9,14-23H2,1-4H3/t24-,25-,26-,27+/m1/s1. The van der Waals surface area contributed by atoms with Gasteiger partial charge in [0.15, 0.2) is 10.3 Å². The van der Waals surface area contributed by atoms with Gasteiger partial charge in [-0.1, -0.05) is 75.5 Å². The second kappa shape index (κ2) is 15.5. The van der Waals surface area contributed by atoms with Crippen LogP contribution in [0.1, 0.15) is 47.0 Å². The molecular formula is C37H46N6O4S2. The molecule has 0 N–H and O–H groups in total. The molecule has 12 heteroatoms. The molecule has 0 saturated carbocycles. The maximum atomic E-state index is 13.8. The lowest BCUT2D eigenvalue weighted by molar-refractivity contribution is -0.131. The zero-order valence-electron chi connectivity index (χ0n) is 28.8. The van der Waals surface area contributed by atoms with E-state index in [1.807, 2.05) is 46.2 Å². The van der Waals surface area contributed by atoms with Gasteiger partial charge in [-0.2, -0.15) is 0 Å². The highest BCUT2D eigenvalue weighted by Gasteiger charge is 2.27. The Kier molecular flexibility index (Phi) is 11.1. The van der Waals surface area contributed by atoms with Crippen LogP contribution in [0.2, 0.25) is 0 Å².